The second-order valence-electron chi connectivity index (χ2n) is 4.35. The monoisotopic (exact) mass is 285 g/mol. The van der Waals surface area contributed by atoms with Gasteiger partial charge in [0, 0.05) is 16.1 Å². The minimum absolute atomic E-state index is 0.0408. The Labute approximate surface area is 106 Å². The fourth-order valence-corrected chi connectivity index (χ4v) is 2.11. The fourth-order valence-electron chi connectivity index (χ4n) is 1.73. The highest BCUT2D eigenvalue weighted by molar-refractivity contribution is 9.10. The van der Waals surface area contributed by atoms with Gasteiger partial charge in [0.05, 0.1) is 6.61 Å². The van der Waals surface area contributed by atoms with Crippen LogP contribution >= 0.6 is 15.9 Å². The van der Waals surface area contributed by atoms with Crippen molar-refractivity contribution < 1.29 is 4.74 Å². The Morgan fingerprint density at radius 1 is 1.38 bits per heavy atom. The molecule has 1 atom stereocenters. The third kappa shape index (κ3) is 3.80. The van der Waals surface area contributed by atoms with Gasteiger partial charge in [-0.1, -0.05) is 29.8 Å². The lowest BCUT2D eigenvalue weighted by Gasteiger charge is -2.18. The van der Waals surface area contributed by atoms with Gasteiger partial charge in [-0.15, -0.1) is 0 Å². The normalized spacial score (nSPS) is 12.9. The van der Waals surface area contributed by atoms with Crippen LogP contribution in [-0.2, 0) is 0 Å². The van der Waals surface area contributed by atoms with Gasteiger partial charge in [0.1, 0.15) is 5.75 Å². The lowest BCUT2D eigenvalue weighted by atomic mass is 9.97. The van der Waals surface area contributed by atoms with E-state index < -0.39 is 0 Å². The predicted molar refractivity (Wildman–Crippen MR) is 71.7 cm³/mol. The SMILES string of the molecule is CCOc1ccc(Br)cc1[C@H](N)CC(C)C. The average molecular weight is 286 g/mol. The molecule has 0 unspecified atom stereocenters. The van der Waals surface area contributed by atoms with Crippen molar-refractivity contribution in [1.82, 2.24) is 0 Å². The van der Waals surface area contributed by atoms with E-state index in [-0.39, 0.29) is 6.04 Å². The van der Waals surface area contributed by atoms with E-state index in [1.54, 1.807) is 0 Å². The third-order valence-corrected chi connectivity index (χ3v) is 2.89. The molecule has 0 spiro atoms. The Hall–Kier alpha value is -0.540. The predicted octanol–water partition coefficient (Wildman–Crippen LogP) is 3.89. The Morgan fingerprint density at radius 3 is 2.62 bits per heavy atom. The number of hydrogen-bond donors (Lipinski definition) is 1. The molecule has 90 valence electrons. The van der Waals surface area contributed by atoms with Gasteiger partial charge < -0.3 is 10.5 Å². The molecule has 0 amide bonds. The molecule has 0 saturated carbocycles. The van der Waals surface area contributed by atoms with Crippen LogP contribution in [0.2, 0.25) is 0 Å². The van der Waals surface area contributed by atoms with Gasteiger partial charge in [0.25, 0.3) is 0 Å². The summed E-state index contributed by atoms with van der Waals surface area (Å²) in [6, 6.07) is 6.05. The van der Waals surface area contributed by atoms with Crippen LogP contribution in [0.4, 0.5) is 0 Å². The highest BCUT2D eigenvalue weighted by Crippen LogP contribution is 2.30. The van der Waals surface area contributed by atoms with Crippen molar-refractivity contribution in [2.75, 3.05) is 6.61 Å². The van der Waals surface area contributed by atoms with E-state index in [0.717, 1.165) is 22.2 Å². The van der Waals surface area contributed by atoms with Crippen molar-refractivity contribution in [2.24, 2.45) is 11.7 Å². The van der Waals surface area contributed by atoms with E-state index in [1.807, 2.05) is 19.1 Å². The summed E-state index contributed by atoms with van der Waals surface area (Å²) in [5.74, 6) is 1.49. The molecule has 0 aromatic heterocycles. The van der Waals surface area contributed by atoms with E-state index >= 15 is 0 Å². The Balaban J connectivity index is 2.94. The first kappa shape index (κ1) is 13.5. The van der Waals surface area contributed by atoms with Crippen molar-refractivity contribution in [3.8, 4) is 5.75 Å². The number of hydrogen-bond acceptors (Lipinski definition) is 2. The van der Waals surface area contributed by atoms with Gasteiger partial charge in [-0.2, -0.15) is 0 Å². The van der Waals surface area contributed by atoms with Gasteiger partial charge in [0.15, 0.2) is 0 Å². The summed E-state index contributed by atoms with van der Waals surface area (Å²) in [4.78, 5) is 0. The van der Waals surface area contributed by atoms with Gasteiger partial charge >= 0.3 is 0 Å². The minimum atomic E-state index is 0.0408. The quantitative estimate of drug-likeness (QED) is 0.891. The zero-order valence-electron chi connectivity index (χ0n) is 10.2. The summed E-state index contributed by atoms with van der Waals surface area (Å²) in [6.07, 6.45) is 0.969. The highest BCUT2D eigenvalue weighted by atomic mass is 79.9. The molecule has 0 heterocycles. The molecule has 0 aliphatic heterocycles. The standard InChI is InChI=1S/C13H20BrNO/c1-4-16-13-6-5-10(14)8-11(13)12(15)7-9(2)3/h5-6,8-9,12H,4,7,15H2,1-3H3/t12-/m1/s1. The molecule has 0 aliphatic rings. The fraction of sp³-hybridized carbons (Fsp3) is 0.538. The third-order valence-electron chi connectivity index (χ3n) is 2.40. The lowest BCUT2D eigenvalue weighted by Crippen LogP contribution is -2.14. The molecule has 0 radical (unpaired) electrons. The number of halogens is 1. The summed E-state index contributed by atoms with van der Waals surface area (Å²) < 4.78 is 6.64. The molecule has 16 heavy (non-hydrogen) atoms. The smallest absolute Gasteiger partial charge is 0.124 e. The average Bonchev–Trinajstić information content (AvgIpc) is 2.20. The molecule has 0 saturated heterocycles. The first-order chi connectivity index (χ1) is 7.54. The van der Waals surface area contributed by atoms with Crippen LogP contribution < -0.4 is 10.5 Å². The van der Waals surface area contributed by atoms with Crippen molar-refractivity contribution in [2.45, 2.75) is 33.2 Å². The van der Waals surface area contributed by atoms with E-state index in [2.05, 4.69) is 35.8 Å². The molecule has 1 rings (SSSR count). The van der Waals surface area contributed by atoms with Crippen molar-refractivity contribution in [3.05, 3.63) is 28.2 Å². The first-order valence-electron chi connectivity index (χ1n) is 5.72. The molecule has 1 aromatic rings. The molecule has 1 aromatic carbocycles. The molecule has 3 heteroatoms. The van der Waals surface area contributed by atoms with Crippen molar-refractivity contribution in [1.29, 1.82) is 0 Å². The van der Waals surface area contributed by atoms with E-state index in [9.17, 15) is 0 Å². The van der Waals surface area contributed by atoms with E-state index in [1.165, 1.54) is 0 Å². The summed E-state index contributed by atoms with van der Waals surface area (Å²) in [5, 5.41) is 0. The summed E-state index contributed by atoms with van der Waals surface area (Å²) in [5.41, 5.74) is 7.28. The van der Waals surface area contributed by atoms with Crippen LogP contribution in [0.5, 0.6) is 5.75 Å². The van der Waals surface area contributed by atoms with Crippen LogP contribution in [-0.4, -0.2) is 6.61 Å². The number of ether oxygens (including phenoxy) is 1. The maximum atomic E-state index is 6.20. The Bertz CT molecular complexity index is 339. The Kier molecular flexibility index (Phi) is 5.29. The number of rotatable bonds is 5. The maximum Gasteiger partial charge on any atom is 0.124 e. The molecule has 0 fully saturated rings. The molecular weight excluding hydrogens is 266 g/mol. The summed E-state index contributed by atoms with van der Waals surface area (Å²) >= 11 is 3.47. The summed E-state index contributed by atoms with van der Waals surface area (Å²) in [6.45, 7) is 7.01. The molecule has 0 aliphatic carbocycles. The van der Waals surface area contributed by atoms with Crippen LogP contribution in [0.15, 0.2) is 22.7 Å². The zero-order valence-corrected chi connectivity index (χ0v) is 11.8. The number of nitrogens with two attached hydrogens (primary N) is 1. The summed E-state index contributed by atoms with van der Waals surface area (Å²) in [7, 11) is 0. The first-order valence-corrected chi connectivity index (χ1v) is 6.51. The van der Waals surface area contributed by atoms with Crippen molar-refractivity contribution >= 4 is 15.9 Å². The lowest BCUT2D eigenvalue weighted by molar-refractivity contribution is 0.332. The Morgan fingerprint density at radius 2 is 2.06 bits per heavy atom. The number of benzene rings is 1. The minimum Gasteiger partial charge on any atom is -0.494 e. The van der Waals surface area contributed by atoms with Gasteiger partial charge in [0.2, 0.25) is 0 Å². The van der Waals surface area contributed by atoms with E-state index in [4.69, 9.17) is 10.5 Å². The van der Waals surface area contributed by atoms with Crippen molar-refractivity contribution in [3.63, 3.8) is 0 Å². The molecule has 2 nitrogen and oxygen atoms in total. The van der Waals surface area contributed by atoms with Crippen LogP contribution in [0.1, 0.15) is 38.8 Å². The van der Waals surface area contributed by atoms with Crippen LogP contribution in [0.25, 0.3) is 0 Å². The molecular formula is C13H20BrNO. The highest BCUT2D eigenvalue weighted by Gasteiger charge is 2.14. The molecule has 2 N–H and O–H groups in total. The topological polar surface area (TPSA) is 35.2 Å². The molecule has 0 bridgehead atoms. The van der Waals surface area contributed by atoms with Gasteiger partial charge in [-0.3, -0.25) is 0 Å². The van der Waals surface area contributed by atoms with Crippen LogP contribution in [0, 0.1) is 5.92 Å². The van der Waals surface area contributed by atoms with Crippen LogP contribution in [0.3, 0.4) is 0 Å². The van der Waals surface area contributed by atoms with Gasteiger partial charge in [-0.25, -0.2) is 0 Å². The second-order valence-corrected chi connectivity index (χ2v) is 5.27. The second kappa shape index (κ2) is 6.26. The zero-order chi connectivity index (χ0) is 12.1. The largest absolute Gasteiger partial charge is 0.494 e. The van der Waals surface area contributed by atoms with Gasteiger partial charge in [-0.05, 0) is 37.5 Å². The van der Waals surface area contributed by atoms with E-state index in [0.29, 0.717) is 12.5 Å². The maximum absolute atomic E-state index is 6.20.